The summed E-state index contributed by atoms with van der Waals surface area (Å²) in [6.45, 7) is 1.75. The number of nitriles is 1. The minimum absolute atomic E-state index is 0.136. The fraction of sp³-hybridized carbons (Fsp3) is 0.167. The number of anilines is 1. The van der Waals surface area contributed by atoms with E-state index in [2.05, 4.69) is 5.32 Å². The largest absolute Gasteiger partial charge is 0.443 e. The van der Waals surface area contributed by atoms with E-state index in [4.69, 9.17) is 9.68 Å². The highest BCUT2D eigenvalue weighted by molar-refractivity contribution is 6.02. The zero-order chi connectivity index (χ0) is 11.5. The van der Waals surface area contributed by atoms with Crippen LogP contribution >= 0.6 is 0 Å². The highest BCUT2D eigenvalue weighted by Crippen LogP contribution is 2.30. The van der Waals surface area contributed by atoms with Crippen LogP contribution in [0.5, 0.6) is 0 Å². The molecule has 1 amide bonds. The molecular weight excluding hydrogens is 204 g/mol. The average molecular weight is 214 g/mol. The van der Waals surface area contributed by atoms with Crippen LogP contribution in [0.25, 0.3) is 11.0 Å². The molecule has 0 aliphatic carbocycles. The minimum Gasteiger partial charge on any atom is -0.443 e. The summed E-state index contributed by atoms with van der Waals surface area (Å²) in [4.78, 5) is 11.3. The molecule has 0 aliphatic heterocycles. The van der Waals surface area contributed by atoms with Gasteiger partial charge in [-0.3, -0.25) is 4.79 Å². The maximum absolute atomic E-state index is 11.3. The molecule has 2 rings (SSSR count). The number of fused-ring (bicyclic) bond motifs is 1. The fourth-order valence-electron chi connectivity index (χ4n) is 1.48. The van der Waals surface area contributed by atoms with Crippen LogP contribution in [0.4, 0.5) is 5.69 Å². The first-order valence-electron chi connectivity index (χ1n) is 4.97. The minimum atomic E-state index is -0.136. The van der Waals surface area contributed by atoms with Crippen molar-refractivity contribution >= 4 is 22.6 Å². The SMILES string of the molecule is CCC(=O)Nc1c(C#N)oc2ccccc12. The summed E-state index contributed by atoms with van der Waals surface area (Å²) < 4.78 is 5.32. The number of hydrogen-bond acceptors (Lipinski definition) is 3. The van der Waals surface area contributed by atoms with Crippen molar-refractivity contribution in [2.75, 3.05) is 5.32 Å². The molecule has 1 aromatic carbocycles. The first kappa shape index (κ1) is 10.2. The van der Waals surface area contributed by atoms with Gasteiger partial charge >= 0.3 is 0 Å². The van der Waals surface area contributed by atoms with Crippen molar-refractivity contribution < 1.29 is 9.21 Å². The Morgan fingerprint density at radius 2 is 2.25 bits per heavy atom. The van der Waals surface area contributed by atoms with E-state index in [1.807, 2.05) is 24.3 Å². The molecule has 2 aromatic rings. The summed E-state index contributed by atoms with van der Waals surface area (Å²) in [7, 11) is 0. The Balaban J connectivity index is 2.57. The zero-order valence-corrected chi connectivity index (χ0v) is 8.78. The van der Waals surface area contributed by atoms with E-state index in [-0.39, 0.29) is 11.7 Å². The summed E-state index contributed by atoms with van der Waals surface area (Å²) >= 11 is 0. The molecule has 0 aliphatic rings. The monoisotopic (exact) mass is 214 g/mol. The Hall–Kier alpha value is -2.28. The third kappa shape index (κ3) is 1.63. The smallest absolute Gasteiger partial charge is 0.228 e. The number of rotatable bonds is 2. The van der Waals surface area contributed by atoms with Gasteiger partial charge in [-0.25, -0.2) is 0 Å². The van der Waals surface area contributed by atoms with Gasteiger partial charge in [-0.05, 0) is 12.1 Å². The summed E-state index contributed by atoms with van der Waals surface area (Å²) in [5, 5.41) is 12.3. The maximum atomic E-state index is 11.3. The third-order valence-electron chi connectivity index (χ3n) is 2.28. The standard InChI is InChI=1S/C12H10N2O2/c1-2-11(15)14-12-8-5-3-4-6-9(8)16-10(12)7-13/h3-6H,2H2,1H3,(H,14,15). The van der Waals surface area contributed by atoms with Gasteiger partial charge in [-0.1, -0.05) is 19.1 Å². The molecule has 0 bridgehead atoms. The number of hydrogen-bond donors (Lipinski definition) is 1. The molecule has 0 atom stereocenters. The number of benzene rings is 1. The van der Waals surface area contributed by atoms with Crippen LogP contribution in [-0.4, -0.2) is 5.91 Å². The Labute approximate surface area is 92.5 Å². The second-order valence-corrected chi connectivity index (χ2v) is 3.32. The highest BCUT2D eigenvalue weighted by atomic mass is 16.3. The fourth-order valence-corrected chi connectivity index (χ4v) is 1.48. The van der Waals surface area contributed by atoms with E-state index in [9.17, 15) is 4.79 Å². The first-order valence-corrected chi connectivity index (χ1v) is 4.97. The Bertz CT molecular complexity index is 578. The van der Waals surface area contributed by atoms with Crippen molar-refractivity contribution in [2.24, 2.45) is 0 Å². The lowest BCUT2D eigenvalue weighted by Crippen LogP contribution is -2.09. The van der Waals surface area contributed by atoms with E-state index in [0.29, 0.717) is 17.7 Å². The molecule has 0 unspecified atom stereocenters. The predicted octanol–water partition coefficient (Wildman–Crippen LogP) is 2.65. The molecule has 4 heteroatoms. The molecular formula is C12H10N2O2. The van der Waals surface area contributed by atoms with Crippen LogP contribution in [0.15, 0.2) is 28.7 Å². The number of carbonyl (C=O) groups is 1. The lowest BCUT2D eigenvalue weighted by Gasteiger charge is -2.00. The molecule has 1 N–H and O–H groups in total. The highest BCUT2D eigenvalue weighted by Gasteiger charge is 2.14. The quantitative estimate of drug-likeness (QED) is 0.835. The van der Waals surface area contributed by atoms with Crippen LogP contribution in [0.1, 0.15) is 19.1 Å². The number of nitrogens with one attached hydrogen (secondary N) is 1. The van der Waals surface area contributed by atoms with Gasteiger partial charge in [0.15, 0.2) is 0 Å². The van der Waals surface area contributed by atoms with Gasteiger partial charge in [0, 0.05) is 11.8 Å². The number of para-hydroxylation sites is 1. The van der Waals surface area contributed by atoms with Gasteiger partial charge in [-0.15, -0.1) is 0 Å². The number of nitrogens with zero attached hydrogens (tertiary/aromatic N) is 1. The van der Waals surface area contributed by atoms with E-state index in [0.717, 1.165) is 5.39 Å². The lowest BCUT2D eigenvalue weighted by molar-refractivity contribution is -0.115. The van der Waals surface area contributed by atoms with Gasteiger partial charge in [0.05, 0.1) is 0 Å². The molecule has 0 fully saturated rings. The number of carbonyl (C=O) groups excluding carboxylic acids is 1. The van der Waals surface area contributed by atoms with Gasteiger partial charge < -0.3 is 9.73 Å². The molecule has 16 heavy (non-hydrogen) atoms. The van der Waals surface area contributed by atoms with Crippen molar-refractivity contribution in [1.29, 1.82) is 5.26 Å². The Morgan fingerprint density at radius 1 is 1.50 bits per heavy atom. The molecule has 0 saturated carbocycles. The zero-order valence-electron chi connectivity index (χ0n) is 8.78. The molecule has 4 nitrogen and oxygen atoms in total. The number of amides is 1. The van der Waals surface area contributed by atoms with Crippen molar-refractivity contribution in [3.8, 4) is 6.07 Å². The van der Waals surface area contributed by atoms with Crippen molar-refractivity contribution in [1.82, 2.24) is 0 Å². The second kappa shape index (κ2) is 4.07. The van der Waals surface area contributed by atoms with E-state index in [1.54, 1.807) is 13.0 Å². The summed E-state index contributed by atoms with van der Waals surface area (Å²) in [5.41, 5.74) is 1.07. The topological polar surface area (TPSA) is 66.0 Å². The average Bonchev–Trinajstić information content (AvgIpc) is 2.67. The maximum Gasteiger partial charge on any atom is 0.228 e. The molecule has 1 heterocycles. The summed E-state index contributed by atoms with van der Waals surface area (Å²) in [6, 6.07) is 9.16. The van der Waals surface area contributed by atoms with Gasteiger partial charge in [0.1, 0.15) is 17.3 Å². The molecule has 0 saturated heterocycles. The van der Waals surface area contributed by atoms with Crippen molar-refractivity contribution in [3.63, 3.8) is 0 Å². The predicted molar refractivity (Wildman–Crippen MR) is 59.8 cm³/mol. The first-order chi connectivity index (χ1) is 7.76. The van der Waals surface area contributed by atoms with Crippen LogP contribution in [0.3, 0.4) is 0 Å². The van der Waals surface area contributed by atoms with Gasteiger partial charge in [-0.2, -0.15) is 5.26 Å². The van der Waals surface area contributed by atoms with E-state index in [1.165, 1.54) is 0 Å². The summed E-state index contributed by atoms with van der Waals surface area (Å²) in [6.07, 6.45) is 0.365. The van der Waals surface area contributed by atoms with Crippen LogP contribution in [-0.2, 0) is 4.79 Å². The van der Waals surface area contributed by atoms with Gasteiger partial charge in [0.2, 0.25) is 11.7 Å². The Kier molecular flexibility index (Phi) is 2.61. The number of furan rings is 1. The summed E-state index contributed by atoms with van der Waals surface area (Å²) in [5.74, 6) is 0.00560. The van der Waals surface area contributed by atoms with E-state index >= 15 is 0 Å². The normalized spacial score (nSPS) is 10.0. The van der Waals surface area contributed by atoms with Crippen LogP contribution in [0.2, 0.25) is 0 Å². The lowest BCUT2D eigenvalue weighted by atomic mass is 10.2. The van der Waals surface area contributed by atoms with Crippen LogP contribution in [0, 0.1) is 11.3 Å². The van der Waals surface area contributed by atoms with Gasteiger partial charge in [0.25, 0.3) is 0 Å². The second-order valence-electron chi connectivity index (χ2n) is 3.32. The van der Waals surface area contributed by atoms with Crippen molar-refractivity contribution in [3.05, 3.63) is 30.0 Å². The molecule has 0 spiro atoms. The van der Waals surface area contributed by atoms with E-state index < -0.39 is 0 Å². The molecule has 80 valence electrons. The molecule has 1 aromatic heterocycles. The molecule has 0 radical (unpaired) electrons. The third-order valence-corrected chi connectivity index (χ3v) is 2.28. The van der Waals surface area contributed by atoms with Crippen LogP contribution < -0.4 is 5.32 Å². The Morgan fingerprint density at radius 3 is 2.94 bits per heavy atom. The van der Waals surface area contributed by atoms with Crippen molar-refractivity contribution in [2.45, 2.75) is 13.3 Å².